The van der Waals surface area contributed by atoms with Crippen LogP contribution in [0.15, 0.2) is 36.4 Å². The number of hydrogen-bond acceptors (Lipinski definition) is 2. The molecule has 0 aliphatic carbocycles. The topological polar surface area (TPSA) is 49.3 Å². The van der Waals surface area contributed by atoms with E-state index in [4.69, 9.17) is 0 Å². The Kier molecular flexibility index (Phi) is 5.92. The van der Waals surface area contributed by atoms with Crippen molar-refractivity contribution in [2.45, 2.75) is 18.9 Å². The normalized spacial score (nSPS) is 12.0. The molecular formula is C17H15F4NO2. The molecule has 0 saturated heterocycles. The van der Waals surface area contributed by atoms with Crippen LogP contribution in [0, 0.1) is 23.3 Å². The number of amides is 1. The van der Waals surface area contributed by atoms with E-state index in [0.29, 0.717) is 0 Å². The summed E-state index contributed by atoms with van der Waals surface area (Å²) in [5.74, 6) is -5.15. The average Bonchev–Trinajstić information content (AvgIpc) is 2.52. The Balaban J connectivity index is 1.83. The highest BCUT2D eigenvalue weighted by atomic mass is 19.2. The van der Waals surface area contributed by atoms with Crippen molar-refractivity contribution in [3.8, 4) is 0 Å². The highest BCUT2D eigenvalue weighted by molar-refractivity contribution is 5.76. The van der Waals surface area contributed by atoms with Crippen molar-refractivity contribution >= 4 is 5.91 Å². The van der Waals surface area contributed by atoms with Crippen molar-refractivity contribution in [3.05, 3.63) is 70.8 Å². The fraction of sp³-hybridized carbons (Fsp3) is 0.235. The minimum absolute atomic E-state index is 0.0548. The molecule has 1 unspecified atom stereocenters. The summed E-state index contributed by atoms with van der Waals surface area (Å²) in [4.78, 5) is 11.7. The molecule has 0 bridgehead atoms. The van der Waals surface area contributed by atoms with Gasteiger partial charge in [0.1, 0.15) is 5.82 Å². The minimum Gasteiger partial charge on any atom is -0.388 e. The predicted molar refractivity (Wildman–Crippen MR) is 79.0 cm³/mol. The Morgan fingerprint density at radius 3 is 2.38 bits per heavy atom. The molecule has 2 aromatic rings. The second-order valence-corrected chi connectivity index (χ2v) is 5.25. The lowest BCUT2D eigenvalue weighted by Gasteiger charge is -2.11. The number of carbonyl (C=O) groups excluding carboxylic acids is 1. The van der Waals surface area contributed by atoms with Crippen molar-refractivity contribution in [1.29, 1.82) is 0 Å². The molecule has 7 heteroatoms. The first-order valence-corrected chi connectivity index (χ1v) is 7.20. The molecule has 0 aromatic heterocycles. The number of nitrogens with one attached hydrogen (secondary N) is 1. The second-order valence-electron chi connectivity index (χ2n) is 5.25. The number of aliphatic hydroxyl groups is 1. The van der Waals surface area contributed by atoms with E-state index in [2.05, 4.69) is 5.32 Å². The molecule has 2 rings (SSSR count). The SMILES string of the molecule is O=C(CC(O)c1cccc(F)c1)NCCc1cc(F)c(F)c(F)c1. The van der Waals surface area contributed by atoms with Gasteiger partial charge in [0.25, 0.3) is 0 Å². The molecule has 0 spiro atoms. The quantitative estimate of drug-likeness (QED) is 0.627. The minimum atomic E-state index is -1.54. The third-order valence-electron chi connectivity index (χ3n) is 3.39. The number of aliphatic hydroxyl groups excluding tert-OH is 1. The first-order chi connectivity index (χ1) is 11.4. The molecule has 0 aliphatic rings. The first kappa shape index (κ1) is 17.9. The summed E-state index contributed by atoms with van der Waals surface area (Å²) in [5, 5.41) is 12.3. The number of hydrogen-bond donors (Lipinski definition) is 2. The van der Waals surface area contributed by atoms with Crippen LogP contribution in [0.3, 0.4) is 0 Å². The Labute approximate surface area is 135 Å². The van der Waals surface area contributed by atoms with Gasteiger partial charge in [-0.1, -0.05) is 12.1 Å². The maximum atomic E-state index is 13.1. The van der Waals surface area contributed by atoms with Crippen LogP contribution in [-0.4, -0.2) is 17.6 Å². The lowest BCUT2D eigenvalue weighted by Crippen LogP contribution is -2.27. The van der Waals surface area contributed by atoms with Crippen molar-refractivity contribution in [2.75, 3.05) is 6.54 Å². The molecule has 3 nitrogen and oxygen atoms in total. The van der Waals surface area contributed by atoms with Crippen molar-refractivity contribution in [2.24, 2.45) is 0 Å². The number of benzene rings is 2. The fourth-order valence-corrected chi connectivity index (χ4v) is 2.18. The summed E-state index contributed by atoms with van der Waals surface area (Å²) in [6.07, 6.45) is -1.35. The first-order valence-electron chi connectivity index (χ1n) is 7.20. The van der Waals surface area contributed by atoms with Crippen molar-refractivity contribution < 1.29 is 27.5 Å². The molecule has 2 N–H and O–H groups in total. The van der Waals surface area contributed by atoms with E-state index in [-0.39, 0.29) is 30.5 Å². The summed E-state index contributed by atoms with van der Waals surface area (Å²) in [5.41, 5.74) is 0.463. The van der Waals surface area contributed by atoms with E-state index < -0.39 is 35.3 Å². The van der Waals surface area contributed by atoms with Gasteiger partial charge in [-0.15, -0.1) is 0 Å². The lowest BCUT2D eigenvalue weighted by molar-refractivity contribution is -0.123. The zero-order valence-corrected chi connectivity index (χ0v) is 12.5. The molecule has 0 saturated carbocycles. The summed E-state index contributed by atoms with van der Waals surface area (Å²) in [7, 11) is 0. The van der Waals surface area contributed by atoms with Crippen molar-refractivity contribution in [1.82, 2.24) is 5.32 Å². The Morgan fingerprint density at radius 1 is 1.08 bits per heavy atom. The van der Waals surface area contributed by atoms with E-state index in [1.165, 1.54) is 18.2 Å². The molecule has 0 aliphatic heterocycles. The van der Waals surface area contributed by atoms with Gasteiger partial charge in [-0.05, 0) is 41.8 Å². The van der Waals surface area contributed by atoms with Crippen LogP contribution in [0.2, 0.25) is 0 Å². The zero-order chi connectivity index (χ0) is 17.7. The van der Waals surface area contributed by atoms with E-state index in [1.54, 1.807) is 0 Å². The summed E-state index contributed by atoms with van der Waals surface area (Å²) < 4.78 is 52.0. The Bertz CT molecular complexity index is 713. The second kappa shape index (κ2) is 7.92. The summed E-state index contributed by atoms with van der Waals surface area (Å²) in [6, 6.07) is 6.96. The van der Waals surface area contributed by atoms with Gasteiger partial charge in [0.05, 0.1) is 12.5 Å². The van der Waals surface area contributed by atoms with Gasteiger partial charge >= 0.3 is 0 Å². The molecular weight excluding hydrogens is 326 g/mol. The molecule has 128 valence electrons. The molecule has 0 radical (unpaired) electrons. The third kappa shape index (κ3) is 4.79. The van der Waals surface area contributed by atoms with E-state index >= 15 is 0 Å². The number of halogens is 4. The fourth-order valence-electron chi connectivity index (χ4n) is 2.18. The van der Waals surface area contributed by atoms with Gasteiger partial charge in [0, 0.05) is 6.54 Å². The number of rotatable bonds is 6. The Hall–Kier alpha value is -2.41. The Morgan fingerprint density at radius 2 is 1.75 bits per heavy atom. The number of carbonyl (C=O) groups is 1. The maximum Gasteiger partial charge on any atom is 0.222 e. The molecule has 0 fully saturated rings. The smallest absolute Gasteiger partial charge is 0.222 e. The van der Waals surface area contributed by atoms with E-state index in [0.717, 1.165) is 18.2 Å². The molecule has 1 atom stereocenters. The molecule has 2 aromatic carbocycles. The van der Waals surface area contributed by atoms with Crippen LogP contribution < -0.4 is 5.32 Å². The maximum absolute atomic E-state index is 13.1. The zero-order valence-electron chi connectivity index (χ0n) is 12.5. The van der Waals surface area contributed by atoms with Gasteiger partial charge < -0.3 is 10.4 Å². The average molecular weight is 341 g/mol. The van der Waals surface area contributed by atoms with Crippen LogP contribution in [0.25, 0.3) is 0 Å². The predicted octanol–water partition coefficient (Wildman–Crippen LogP) is 3.03. The van der Waals surface area contributed by atoms with Crippen LogP contribution >= 0.6 is 0 Å². The largest absolute Gasteiger partial charge is 0.388 e. The molecule has 0 heterocycles. The lowest BCUT2D eigenvalue weighted by atomic mass is 10.1. The van der Waals surface area contributed by atoms with Crippen LogP contribution in [-0.2, 0) is 11.2 Å². The monoisotopic (exact) mass is 341 g/mol. The van der Waals surface area contributed by atoms with E-state index in [9.17, 15) is 27.5 Å². The third-order valence-corrected chi connectivity index (χ3v) is 3.39. The standard InChI is InChI=1S/C17H15F4NO2/c18-12-3-1-2-11(8-12)15(23)9-16(24)22-5-4-10-6-13(19)17(21)14(20)7-10/h1-3,6-8,15,23H,4-5,9H2,(H,22,24). The van der Waals surface area contributed by atoms with Crippen LogP contribution in [0.1, 0.15) is 23.7 Å². The van der Waals surface area contributed by atoms with Gasteiger partial charge in [0.15, 0.2) is 17.5 Å². The van der Waals surface area contributed by atoms with Gasteiger partial charge in [-0.3, -0.25) is 4.79 Å². The molecule has 1 amide bonds. The molecule has 24 heavy (non-hydrogen) atoms. The highest BCUT2D eigenvalue weighted by Crippen LogP contribution is 2.17. The van der Waals surface area contributed by atoms with Crippen LogP contribution in [0.5, 0.6) is 0 Å². The van der Waals surface area contributed by atoms with Crippen LogP contribution in [0.4, 0.5) is 17.6 Å². The van der Waals surface area contributed by atoms with Gasteiger partial charge in [-0.2, -0.15) is 0 Å². The summed E-state index contributed by atoms with van der Waals surface area (Å²) in [6.45, 7) is 0.0548. The summed E-state index contributed by atoms with van der Waals surface area (Å²) >= 11 is 0. The van der Waals surface area contributed by atoms with Gasteiger partial charge in [0.2, 0.25) is 5.91 Å². The van der Waals surface area contributed by atoms with Crippen molar-refractivity contribution in [3.63, 3.8) is 0 Å². The van der Waals surface area contributed by atoms with E-state index in [1.807, 2.05) is 0 Å². The van der Waals surface area contributed by atoms with Gasteiger partial charge in [-0.25, -0.2) is 17.6 Å². The highest BCUT2D eigenvalue weighted by Gasteiger charge is 2.14.